The summed E-state index contributed by atoms with van der Waals surface area (Å²) in [6.07, 6.45) is 1.91. The molecule has 1 atom stereocenters. The number of hydrogen-bond acceptors (Lipinski definition) is 2. The van der Waals surface area contributed by atoms with E-state index in [0.717, 1.165) is 41.2 Å². The molecule has 0 radical (unpaired) electrons. The van der Waals surface area contributed by atoms with Gasteiger partial charge in [-0.2, -0.15) is 5.26 Å². The molecule has 0 bridgehead atoms. The van der Waals surface area contributed by atoms with Gasteiger partial charge in [0.25, 0.3) is 0 Å². The fraction of sp³-hybridized carbons (Fsp3) is 0.222. The first-order chi connectivity index (χ1) is 15.3. The first-order valence-electron chi connectivity index (χ1n) is 10.6. The molecule has 0 amide bonds. The number of nitriles is 1. The predicted molar refractivity (Wildman–Crippen MR) is 126 cm³/mol. The van der Waals surface area contributed by atoms with E-state index in [4.69, 9.17) is 16.3 Å². The average Bonchev–Trinajstić information content (AvgIpc) is 3.08. The van der Waals surface area contributed by atoms with E-state index in [9.17, 15) is 5.26 Å². The van der Waals surface area contributed by atoms with Gasteiger partial charge in [0.1, 0.15) is 11.3 Å². The van der Waals surface area contributed by atoms with Crippen molar-refractivity contribution in [1.29, 1.82) is 5.26 Å². The summed E-state index contributed by atoms with van der Waals surface area (Å²) in [4.78, 5) is 0. The number of aryl methyl sites for hydroxylation is 1. The smallest absolute Gasteiger partial charge is 0.144 e. The maximum Gasteiger partial charge on any atom is 0.144 e. The number of nitrogens with zero attached hydrogens (tertiary/aromatic N) is 2. The molecule has 1 heterocycles. The van der Waals surface area contributed by atoms with E-state index in [1.807, 2.05) is 54.6 Å². The van der Waals surface area contributed by atoms with Gasteiger partial charge in [-0.05, 0) is 42.0 Å². The van der Waals surface area contributed by atoms with Gasteiger partial charge in [0.15, 0.2) is 0 Å². The van der Waals surface area contributed by atoms with Gasteiger partial charge in [-0.25, -0.2) is 0 Å². The molecule has 1 aromatic heterocycles. The zero-order valence-corrected chi connectivity index (χ0v) is 18.1. The number of halogens is 1. The van der Waals surface area contributed by atoms with Crippen LogP contribution in [0.5, 0.6) is 0 Å². The third-order valence-corrected chi connectivity index (χ3v) is 5.95. The summed E-state index contributed by atoms with van der Waals surface area (Å²) in [6, 6.07) is 30.9. The summed E-state index contributed by atoms with van der Waals surface area (Å²) in [5, 5.41) is 11.5. The zero-order valence-electron chi connectivity index (χ0n) is 17.4. The molecule has 0 saturated carbocycles. The molecule has 0 aliphatic heterocycles. The highest BCUT2D eigenvalue weighted by molar-refractivity contribution is 6.32. The lowest BCUT2D eigenvalue weighted by atomic mass is 10.1. The van der Waals surface area contributed by atoms with Gasteiger partial charge in [-0.3, -0.25) is 0 Å². The second kappa shape index (κ2) is 10.3. The summed E-state index contributed by atoms with van der Waals surface area (Å²) in [5.41, 5.74) is 4.58. The standard InChI is InChI=1S/C27H25ClN2O/c28-27-25(16-9-14-23(18-29)31-20-22-12-5-2-6-13-22)24-15-7-8-17-26(24)30(27)19-21-10-3-1-4-11-21/h1-8,10-13,15,17,23H,9,14,16,19-20H2. The molecule has 0 N–H and O–H groups in total. The van der Waals surface area contributed by atoms with Crippen LogP contribution in [0.25, 0.3) is 10.9 Å². The third-order valence-electron chi connectivity index (χ3n) is 5.52. The number of fused-ring (bicyclic) bond motifs is 1. The fourth-order valence-corrected chi connectivity index (χ4v) is 4.27. The van der Waals surface area contributed by atoms with Crippen LogP contribution >= 0.6 is 11.6 Å². The highest BCUT2D eigenvalue weighted by Gasteiger charge is 2.16. The van der Waals surface area contributed by atoms with Crippen LogP contribution in [0.15, 0.2) is 84.9 Å². The molecule has 1 unspecified atom stereocenters. The quantitative estimate of drug-likeness (QED) is 0.295. The molecular weight excluding hydrogens is 404 g/mol. The Bertz CT molecular complexity index is 1160. The normalized spacial score (nSPS) is 12.0. The third kappa shape index (κ3) is 5.17. The lowest BCUT2D eigenvalue weighted by molar-refractivity contribution is 0.0701. The minimum Gasteiger partial charge on any atom is -0.359 e. The van der Waals surface area contributed by atoms with Crippen LogP contribution in [-0.2, 0) is 24.3 Å². The topological polar surface area (TPSA) is 38.0 Å². The van der Waals surface area contributed by atoms with Gasteiger partial charge in [0, 0.05) is 17.4 Å². The average molecular weight is 429 g/mol. The highest BCUT2D eigenvalue weighted by atomic mass is 35.5. The molecule has 0 fully saturated rings. The molecule has 3 aromatic carbocycles. The number of benzene rings is 3. The van der Waals surface area contributed by atoms with Crippen molar-refractivity contribution in [1.82, 2.24) is 4.57 Å². The van der Waals surface area contributed by atoms with Crippen LogP contribution in [0.4, 0.5) is 0 Å². The summed E-state index contributed by atoms with van der Waals surface area (Å²) < 4.78 is 7.99. The molecule has 31 heavy (non-hydrogen) atoms. The molecule has 0 aliphatic carbocycles. The number of ether oxygens (including phenoxy) is 1. The summed E-state index contributed by atoms with van der Waals surface area (Å²) in [7, 11) is 0. The minimum absolute atomic E-state index is 0.420. The number of hydrogen-bond donors (Lipinski definition) is 0. The Morgan fingerprint density at radius 1 is 0.871 bits per heavy atom. The Hall–Kier alpha value is -3.06. The van der Waals surface area contributed by atoms with E-state index >= 15 is 0 Å². The lowest BCUT2D eigenvalue weighted by Crippen LogP contribution is -2.10. The molecule has 0 aliphatic rings. The van der Waals surface area contributed by atoms with Crippen molar-refractivity contribution < 1.29 is 4.74 Å². The largest absolute Gasteiger partial charge is 0.359 e. The van der Waals surface area contributed by atoms with Gasteiger partial charge < -0.3 is 9.30 Å². The molecule has 3 nitrogen and oxygen atoms in total. The van der Waals surface area contributed by atoms with E-state index in [1.165, 1.54) is 10.9 Å². The Morgan fingerprint density at radius 2 is 1.52 bits per heavy atom. The van der Waals surface area contributed by atoms with Gasteiger partial charge in [0.2, 0.25) is 0 Å². The van der Waals surface area contributed by atoms with Gasteiger partial charge in [-0.1, -0.05) is 90.5 Å². The molecule has 4 rings (SSSR count). The SMILES string of the molecule is N#CC(CCCc1c(Cl)n(Cc2ccccc2)c2ccccc12)OCc1ccccc1. The highest BCUT2D eigenvalue weighted by Crippen LogP contribution is 2.32. The van der Waals surface area contributed by atoms with Crippen molar-refractivity contribution >= 4 is 22.5 Å². The summed E-state index contributed by atoms with van der Waals surface area (Å²) in [6.45, 7) is 1.19. The number of rotatable bonds is 9. The number of para-hydroxylation sites is 1. The van der Waals surface area contributed by atoms with E-state index in [-0.39, 0.29) is 0 Å². The van der Waals surface area contributed by atoms with E-state index in [0.29, 0.717) is 13.0 Å². The lowest BCUT2D eigenvalue weighted by Gasteiger charge is -2.11. The van der Waals surface area contributed by atoms with Crippen LogP contribution in [0, 0.1) is 11.3 Å². The first kappa shape index (κ1) is 21.2. The van der Waals surface area contributed by atoms with E-state index < -0.39 is 6.10 Å². The second-order valence-corrected chi connectivity index (χ2v) is 8.02. The molecule has 0 saturated heterocycles. The van der Waals surface area contributed by atoms with Crippen molar-refractivity contribution in [3.63, 3.8) is 0 Å². The van der Waals surface area contributed by atoms with E-state index in [2.05, 4.69) is 41.0 Å². The van der Waals surface area contributed by atoms with Crippen molar-refractivity contribution in [2.24, 2.45) is 0 Å². The van der Waals surface area contributed by atoms with E-state index in [1.54, 1.807) is 0 Å². The van der Waals surface area contributed by atoms with Crippen molar-refractivity contribution in [2.75, 3.05) is 0 Å². The molecule has 4 aromatic rings. The Morgan fingerprint density at radius 3 is 2.23 bits per heavy atom. The molecule has 0 spiro atoms. The van der Waals surface area contributed by atoms with Gasteiger partial charge in [-0.15, -0.1) is 0 Å². The molecule has 156 valence electrons. The van der Waals surface area contributed by atoms with Crippen LogP contribution in [0.3, 0.4) is 0 Å². The molecular formula is C27H25ClN2O. The predicted octanol–water partition coefficient (Wildman–Crippen LogP) is 6.77. The van der Waals surface area contributed by atoms with Crippen molar-refractivity contribution in [2.45, 2.75) is 38.5 Å². The van der Waals surface area contributed by atoms with Crippen LogP contribution in [0.1, 0.15) is 29.5 Å². The fourth-order valence-electron chi connectivity index (χ4n) is 3.92. The Labute approximate surface area is 188 Å². The first-order valence-corrected chi connectivity index (χ1v) is 11.0. The van der Waals surface area contributed by atoms with Crippen molar-refractivity contribution in [3.8, 4) is 6.07 Å². The van der Waals surface area contributed by atoms with Crippen molar-refractivity contribution in [3.05, 3.63) is 107 Å². The van der Waals surface area contributed by atoms with Gasteiger partial charge >= 0.3 is 0 Å². The van der Waals surface area contributed by atoms with Crippen LogP contribution in [-0.4, -0.2) is 10.7 Å². The Balaban J connectivity index is 1.44. The summed E-state index contributed by atoms with van der Waals surface area (Å²) >= 11 is 6.86. The molecule has 4 heteroatoms. The monoisotopic (exact) mass is 428 g/mol. The van der Waals surface area contributed by atoms with Crippen LogP contribution < -0.4 is 0 Å². The summed E-state index contributed by atoms with van der Waals surface area (Å²) in [5.74, 6) is 0. The maximum absolute atomic E-state index is 9.49. The number of aromatic nitrogens is 1. The maximum atomic E-state index is 9.49. The van der Waals surface area contributed by atoms with Crippen LogP contribution in [0.2, 0.25) is 5.15 Å². The Kier molecular flexibility index (Phi) is 7.04. The zero-order chi connectivity index (χ0) is 21.5. The van der Waals surface area contributed by atoms with Gasteiger partial charge in [0.05, 0.1) is 12.7 Å². The second-order valence-electron chi connectivity index (χ2n) is 7.66. The minimum atomic E-state index is -0.420.